The van der Waals surface area contributed by atoms with E-state index in [-0.39, 0.29) is 11.4 Å². The van der Waals surface area contributed by atoms with E-state index in [2.05, 4.69) is 15.1 Å². The van der Waals surface area contributed by atoms with Gasteiger partial charge in [-0.2, -0.15) is 5.10 Å². The van der Waals surface area contributed by atoms with Crippen molar-refractivity contribution in [1.29, 1.82) is 0 Å². The van der Waals surface area contributed by atoms with Crippen LogP contribution < -0.4 is 15.2 Å². The van der Waals surface area contributed by atoms with Crippen molar-refractivity contribution in [1.82, 2.24) is 28.9 Å². The number of hydrogen-bond acceptors (Lipinski definition) is 6. The van der Waals surface area contributed by atoms with Crippen LogP contribution in [-0.2, 0) is 14.1 Å². The van der Waals surface area contributed by atoms with E-state index in [0.717, 1.165) is 16.3 Å². The average molecular weight is 464 g/mol. The second kappa shape index (κ2) is 8.04. The lowest BCUT2D eigenvalue weighted by atomic mass is 9.52. The van der Waals surface area contributed by atoms with Gasteiger partial charge in [-0.25, -0.2) is 9.18 Å². The van der Waals surface area contributed by atoms with E-state index in [1.165, 1.54) is 17.0 Å². The van der Waals surface area contributed by atoms with Gasteiger partial charge in [0, 0.05) is 42.9 Å². The van der Waals surface area contributed by atoms with Gasteiger partial charge in [-0.05, 0) is 11.4 Å². The molecule has 13 heteroatoms. The zero-order chi connectivity index (χ0) is 25.1. The fourth-order valence-corrected chi connectivity index (χ4v) is 4.08. The molecule has 0 amide bonds. The number of hydrogen-bond donors (Lipinski definition) is 0. The van der Waals surface area contributed by atoms with Crippen LogP contribution in [0.2, 0.25) is 0 Å². The Labute approximate surface area is 202 Å². The maximum Gasteiger partial charge on any atom is 0.333 e. The van der Waals surface area contributed by atoms with Gasteiger partial charge in [0.05, 0.1) is 48.4 Å². The topological polar surface area (TPSA) is 89.0 Å². The van der Waals surface area contributed by atoms with Crippen molar-refractivity contribution in [2.45, 2.75) is 5.30 Å². The average Bonchev–Trinajstić information content (AvgIpc) is 3.34. The highest BCUT2D eigenvalue weighted by Crippen LogP contribution is 2.37. The van der Waals surface area contributed by atoms with E-state index < -0.39 is 16.8 Å². The van der Waals surface area contributed by atoms with Crippen LogP contribution in [0.3, 0.4) is 0 Å². The number of pyridine rings is 2. The van der Waals surface area contributed by atoms with Gasteiger partial charge in [-0.1, -0.05) is 0 Å². The summed E-state index contributed by atoms with van der Waals surface area (Å²) in [5.74, 6) is -0.495. The van der Waals surface area contributed by atoms with Crippen molar-refractivity contribution < 1.29 is 13.9 Å². The van der Waals surface area contributed by atoms with Crippen molar-refractivity contribution >= 4 is 45.5 Å². The highest BCUT2D eigenvalue weighted by atomic mass is 19.1. The van der Waals surface area contributed by atoms with Crippen LogP contribution in [0.15, 0.2) is 47.9 Å². The summed E-state index contributed by atoms with van der Waals surface area (Å²) >= 11 is 0. The van der Waals surface area contributed by atoms with Crippen molar-refractivity contribution in [2.75, 3.05) is 7.11 Å². The first-order valence-electron chi connectivity index (χ1n) is 10.4. The van der Waals surface area contributed by atoms with Gasteiger partial charge in [0.2, 0.25) is 0 Å². The number of aromatic nitrogens is 6. The fourth-order valence-electron chi connectivity index (χ4n) is 4.08. The van der Waals surface area contributed by atoms with Crippen LogP contribution in [-0.4, -0.2) is 64.8 Å². The number of halogens is 1. The van der Waals surface area contributed by atoms with Gasteiger partial charge < -0.3 is 9.47 Å². The summed E-state index contributed by atoms with van der Waals surface area (Å²) < 4.78 is 30.3. The predicted octanol–water partition coefficient (Wildman–Crippen LogP) is 1.32. The number of fused-ring (bicyclic) bond motifs is 3. The molecule has 1 aromatic carbocycles. The lowest BCUT2D eigenvalue weighted by Gasteiger charge is -2.25. The van der Waals surface area contributed by atoms with Crippen molar-refractivity contribution in [2.24, 2.45) is 14.1 Å². The lowest BCUT2D eigenvalue weighted by Crippen LogP contribution is -2.38. The van der Waals surface area contributed by atoms with Gasteiger partial charge in [-0.3, -0.25) is 23.8 Å². The molecule has 5 rings (SSSR count). The summed E-state index contributed by atoms with van der Waals surface area (Å²) in [5, 5.41) is 2.65. The maximum absolute atomic E-state index is 15.2. The highest BCUT2D eigenvalue weighted by Gasteiger charge is 2.25. The van der Waals surface area contributed by atoms with E-state index >= 15 is 4.39 Å². The van der Waals surface area contributed by atoms with E-state index in [1.54, 1.807) is 38.2 Å². The molecular weight excluding hydrogens is 448 g/mol. The van der Waals surface area contributed by atoms with Crippen LogP contribution in [0.4, 0.5) is 4.39 Å². The van der Waals surface area contributed by atoms with Gasteiger partial charge in [0.25, 0.3) is 0 Å². The highest BCUT2D eigenvalue weighted by molar-refractivity contribution is 6.58. The number of imidazole rings is 1. The minimum absolute atomic E-state index is 0.210. The molecule has 0 atom stereocenters. The van der Waals surface area contributed by atoms with Crippen molar-refractivity contribution in [3.05, 3.63) is 59.4 Å². The normalized spacial score (nSPS) is 11.9. The van der Waals surface area contributed by atoms with Crippen molar-refractivity contribution in [3.63, 3.8) is 0 Å². The third-order valence-electron chi connectivity index (χ3n) is 5.57. The Kier molecular flexibility index (Phi) is 5.23. The Morgan fingerprint density at radius 2 is 1.83 bits per heavy atom. The molecule has 0 aliphatic carbocycles. The van der Waals surface area contributed by atoms with Crippen LogP contribution >= 0.6 is 0 Å². The Morgan fingerprint density at radius 1 is 1.06 bits per heavy atom. The van der Waals surface area contributed by atoms with Crippen LogP contribution in [0.25, 0.3) is 38.8 Å². The molecule has 0 spiro atoms. The lowest BCUT2D eigenvalue weighted by molar-refractivity contribution is 0.314. The molecule has 35 heavy (non-hydrogen) atoms. The largest absolute Gasteiger partial charge is 0.512 e. The van der Waals surface area contributed by atoms with Gasteiger partial charge in [-0.15, -0.1) is 0 Å². The molecule has 0 aliphatic heterocycles. The Bertz CT molecular complexity index is 1670. The molecule has 0 aliphatic rings. The van der Waals surface area contributed by atoms with Crippen LogP contribution in [0.5, 0.6) is 11.5 Å². The number of methoxy groups -OCH3 is 1. The number of nitrogens with zero attached hydrogens (tertiary/aromatic N) is 6. The Hall–Kier alpha value is -4.02. The maximum atomic E-state index is 15.2. The Balaban J connectivity index is 1.92. The number of rotatable bonds is 5. The molecule has 4 aromatic heterocycles. The first kappa shape index (κ1) is 22.8. The van der Waals surface area contributed by atoms with Crippen LogP contribution in [0.1, 0.15) is 0 Å². The quantitative estimate of drug-likeness (QED) is 0.365. The zero-order valence-corrected chi connectivity index (χ0v) is 19.1. The summed E-state index contributed by atoms with van der Waals surface area (Å²) in [4.78, 5) is 21.7. The van der Waals surface area contributed by atoms with E-state index in [9.17, 15) is 4.79 Å². The molecular formula is C22H16B3FN6O3. The molecule has 0 bridgehead atoms. The molecule has 0 N–H and O–H groups in total. The van der Waals surface area contributed by atoms with Crippen molar-refractivity contribution in [3.8, 4) is 28.3 Å². The summed E-state index contributed by atoms with van der Waals surface area (Å²) in [7, 11) is 21.7. The molecule has 0 fully saturated rings. The molecule has 0 unspecified atom stereocenters. The predicted molar refractivity (Wildman–Crippen MR) is 131 cm³/mol. The van der Waals surface area contributed by atoms with Gasteiger partial charge in [0.1, 0.15) is 35.0 Å². The molecule has 168 valence electrons. The third-order valence-corrected chi connectivity index (χ3v) is 5.57. The standard InChI is InChI=1S/C22H16B3FN6O3/c1-30-10-11(6-29-30)12-4-13-15(5-17(12)34-3)28-8-16-19(13)32(21(33)31(16)2)20-14(26)7-27-9-18(20)35-22(23,24)25/h4-10H,1-3H3. The number of aryl methyl sites for hydroxylation is 2. The van der Waals surface area contributed by atoms with Crippen LogP contribution in [0, 0.1) is 5.82 Å². The van der Waals surface area contributed by atoms with Gasteiger partial charge >= 0.3 is 5.69 Å². The molecule has 6 radical (unpaired) electrons. The van der Waals surface area contributed by atoms with E-state index in [1.807, 2.05) is 12.3 Å². The minimum Gasteiger partial charge on any atom is -0.512 e. The zero-order valence-electron chi connectivity index (χ0n) is 19.1. The molecule has 0 saturated carbocycles. The Morgan fingerprint density at radius 3 is 2.49 bits per heavy atom. The summed E-state index contributed by atoms with van der Waals surface area (Å²) in [6.45, 7) is 0. The second-order valence-electron chi connectivity index (χ2n) is 8.07. The SMILES string of the molecule is [B]C([B])([B])Oc1cncc(F)c1-n1c(=O)n(C)c2cnc3cc(OC)c(-c4cnn(C)c4)cc3c21. The van der Waals surface area contributed by atoms with Gasteiger partial charge in [0.15, 0.2) is 11.6 Å². The summed E-state index contributed by atoms with van der Waals surface area (Å²) in [6.07, 6.45) is 7.17. The van der Waals surface area contributed by atoms with E-state index in [4.69, 9.17) is 33.0 Å². The minimum atomic E-state index is -2.14. The monoisotopic (exact) mass is 464 g/mol. The summed E-state index contributed by atoms with van der Waals surface area (Å²) in [5.41, 5.74) is 2.04. The summed E-state index contributed by atoms with van der Waals surface area (Å²) in [6, 6.07) is 3.55. The first-order valence-corrected chi connectivity index (χ1v) is 10.4. The molecule has 9 nitrogen and oxygen atoms in total. The first-order chi connectivity index (χ1) is 16.6. The number of ether oxygens (including phenoxy) is 2. The number of benzene rings is 1. The fraction of sp³-hybridized carbons (Fsp3) is 0.182. The smallest absolute Gasteiger partial charge is 0.333 e. The molecule has 4 heterocycles. The molecule has 5 aromatic rings. The second-order valence-corrected chi connectivity index (χ2v) is 8.07. The molecule has 0 saturated heterocycles. The van der Waals surface area contributed by atoms with E-state index in [0.29, 0.717) is 33.2 Å². The third kappa shape index (κ3) is 3.76.